The van der Waals surface area contributed by atoms with E-state index in [9.17, 15) is 4.79 Å². The van der Waals surface area contributed by atoms with Crippen LogP contribution >= 0.6 is 0 Å². The van der Waals surface area contributed by atoms with Gasteiger partial charge in [-0.25, -0.2) is 4.98 Å². The zero-order chi connectivity index (χ0) is 9.97. The van der Waals surface area contributed by atoms with Crippen LogP contribution in [0.4, 0.5) is 5.69 Å². The van der Waals surface area contributed by atoms with Crippen LogP contribution in [0.2, 0.25) is 0 Å². The second kappa shape index (κ2) is 3.33. The molecule has 4 nitrogen and oxygen atoms in total. The molecule has 0 saturated heterocycles. The number of H-pyrrole nitrogens is 1. The molecule has 14 heavy (non-hydrogen) atoms. The van der Waals surface area contributed by atoms with Gasteiger partial charge in [-0.2, -0.15) is 0 Å². The molecule has 0 saturated carbocycles. The zero-order valence-electron chi connectivity index (χ0n) is 7.45. The largest absolute Gasteiger partial charge is 0.345 e. The van der Waals surface area contributed by atoms with E-state index in [2.05, 4.69) is 21.9 Å². The average molecular weight is 187 g/mol. The third-order valence-corrected chi connectivity index (χ3v) is 1.87. The van der Waals surface area contributed by atoms with Gasteiger partial charge < -0.3 is 10.3 Å². The van der Waals surface area contributed by atoms with Gasteiger partial charge in [-0.15, -0.1) is 0 Å². The Bertz CT molecular complexity index is 487. The molecule has 2 N–H and O–H groups in total. The van der Waals surface area contributed by atoms with Gasteiger partial charge in [0, 0.05) is 5.69 Å². The summed E-state index contributed by atoms with van der Waals surface area (Å²) in [6.07, 6.45) is 2.85. The Labute approximate surface area is 80.7 Å². The smallest absolute Gasteiger partial charge is 0.247 e. The van der Waals surface area contributed by atoms with Crippen molar-refractivity contribution in [2.75, 3.05) is 5.32 Å². The molecule has 1 heterocycles. The molecule has 0 atom stereocenters. The number of nitrogens with zero attached hydrogens (tertiary/aromatic N) is 1. The van der Waals surface area contributed by atoms with Gasteiger partial charge in [0.25, 0.3) is 0 Å². The van der Waals surface area contributed by atoms with Crippen LogP contribution in [-0.4, -0.2) is 15.9 Å². The molecule has 70 valence electrons. The molecule has 0 spiro atoms. The number of nitrogens with one attached hydrogen (secondary N) is 2. The Kier molecular flexibility index (Phi) is 2.02. The van der Waals surface area contributed by atoms with Gasteiger partial charge in [0.15, 0.2) is 0 Å². The molecule has 0 aliphatic heterocycles. The molecule has 2 rings (SSSR count). The molecule has 0 aliphatic carbocycles. The van der Waals surface area contributed by atoms with E-state index in [1.807, 2.05) is 12.1 Å². The second-order valence-corrected chi connectivity index (χ2v) is 2.83. The summed E-state index contributed by atoms with van der Waals surface area (Å²) in [6, 6.07) is 5.46. The number of hydrogen-bond donors (Lipinski definition) is 2. The fraction of sp³-hybridized carbons (Fsp3) is 0. The zero-order valence-corrected chi connectivity index (χ0v) is 7.45. The second-order valence-electron chi connectivity index (χ2n) is 2.83. The highest BCUT2D eigenvalue weighted by Gasteiger charge is 1.99. The van der Waals surface area contributed by atoms with Gasteiger partial charge in [0.2, 0.25) is 5.91 Å². The normalized spacial score (nSPS) is 10.0. The number of aromatic amines is 1. The van der Waals surface area contributed by atoms with E-state index in [-0.39, 0.29) is 5.91 Å². The first-order valence-corrected chi connectivity index (χ1v) is 4.16. The van der Waals surface area contributed by atoms with Crippen LogP contribution in [0.15, 0.2) is 37.2 Å². The van der Waals surface area contributed by atoms with Crippen molar-refractivity contribution in [2.24, 2.45) is 0 Å². The molecule has 4 heteroatoms. The molecule has 1 amide bonds. The van der Waals surface area contributed by atoms with Crippen molar-refractivity contribution in [1.29, 1.82) is 0 Å². The van der Waals surface area contributed by atoms with E-state index in [1.54, 1.807) is 12.4 Å². The van der Waals surface area contributed by atoms with Crippen LogP contribution in [-0.2, 0) is 4.79 Å². The Morgan fingerprint density at radius 3 is 3.21 bits per heavy atom. The lowest BCUT2D eigenvalue weighted by Crippen LogP contribution is -2.06. The third-order valence-electron chi connectivity index (χ3n) is 1.87. The Balaban J connectivity index is 2.34. The quantitative estimate of drug-likeness (QED) is 0.703. The highest BCUT2D eigenvalue weighted by Crippen LogP contribution is 2.15. The number of anilines is 1. The predicted octanol–water partition coefficient (Wildman–Crippen LogP) is 1.69. The summed E-state index contributed by atoms with van der Waals surface area (Å²) in [6.45, 7) is 3.38. The van der Waals surface area contributed by atoms with Crippen LogP contribution in [0.5, 0.6) is 0 Å². The first-order chi connectivity index (χ1) is 6.79. The van der Waals surface area contributed by atoms with Crippen molar-refractivity contribution in [2.45, 2.75) is 0 Å². The SMILES string of the molecule is C=CC(=O)Nc1ccc2nc[nH]c2c1. The summed E-state index contributed by atoms with van der Waals surface area (Å²) < 4.78 is 0. The number of carbonyl (C=O) groups is 1. The summed E-state index contributed by atoms with van der Waals surface area (Å²) in [5.41, 5.74) is 2.50. The highest BCUT2D eigenvalue weighted by molar-refractivity contribution is 5.99. The first kappa shape index (κ1) is 8.50. The lowest BCUT2D eigenvalue weighted by atomic mass is 10.3. The molecule has 0 unspecified atom stereocenters. The predicted molar refractivity (Wildman–Crippen MR) is 54.9 cm³/mol. The molecule has 1 aromatic heterocycles. The topological polar surface area (TPSA) is 57.8 Å². The maximum Gasteiger partial charge on any atom is 0.247 e. The lowest BCUT2D eigenvalue weighted by Gasteiger charge is -2.00. The first-order valence-electron chi connectivity index (χ1n) is 4.16. The van der Waals surface area contributed by atoms with E-state index in [1.165, 1.54) is 6.08 Å². The fourth-order valence-electron chi connectivity index (χ4n) is 1.21. The Hall–Kier alpha value is -2.10. The fourth-order valence-corrected chi connectivity index (χ4v) is 1.21. The number of fused-ring (bicyclic) bond motifs is 1. The van der Waals surface area contributed by atoms with E-state index in [4.69, 9.17) is 0 Å². The van der Waals surface area contributed by atoms with Gasteiger partial charge in [-0.1, -0.05) is 6.58 Å². The molecule has 0 fully saturated rings. The number of amides is 1. The van der Waals surface area contributed by atoms with Crippen molar-refractivity contribution < 1.29 is 4.79 Å². The van der Waals surface area contributed by atoms with Gasteiger partial charge in [0.05, 0.1) is 17.4 Å². The van der Waals surface area contributed by atoms with Crippen LogP contribution in [0.1, 0.15) is 0 Å². The minimum Gasteiger partial charge on any atom is -0.345 e. The van der Waals surface area contributed by atoms with Crippen molar-refractivity contribution >= 4 is 22.6 Å². The van der Waals surface area contributed by atoms with E-state index >= 15 is 0 Å². The monoisotopic (exact) mass is 187 g/mol. The van der Waals surface area contributed by atoms with Gasteiger partial charge >= 0.3 is 0 Å². The van der Waals surface area contributed by atoms with Crippen molar-refractivity contribution in [3.05, 3.63) is 37.2 Å². The van der Waals surface area contributed by atoms with Crippen molar-refractivity contribution in [3.8, 4) is 0 Å². The number of imidazole rings is 1. The highest BCUT2D eigenvalue weighted by atomic mass is 16.1. The minimum atomic E-state index is -0.219. The summed E-state index contributed by atoms with van der Waals surface area (Å²) in [7, 11) is 0. The number of rotatable bonds is 2. The summed E-state index contributed by atoms with van der Waals surface area (Å²) >= 11 is 0. The van der Waals surface area contributed by atoms with Gasteiger partial charge in [-0.05, 0) is 24.3 Å². The number of benzene rings is 1. The Morgan fingerprint density at radius 2 is 2.43 bits per heavy atom. The van der Waals surface area contributed by atoms with E-state index in [0.717, 1.165) is 16.7 Å². The van der Waals surface area contributed by atoms with Crippen molar-refractivity contribution in [3.63, 3.8) is 0 Å². The average Bonchev–Trinajstić information content (AvgIpc) is 2.64. The molecule has 0 radical (unpaired) electrons. The van der Waals surface area contributed by atoms with Crippen molar-refractivity contribution in [1.82, 2.24) is 9.97 Å². The molecular formula is C10H9N3O. The van der Waals surface area contributed by atoms with Gasteiger partial charge in [-0.3, -0.25) is 4.79 Å². The number of carbonyl (C=O) groups excluding carboxylic acids is 1. The Morgan fingerprint density at radius 1 is 1.57 bits per heavy atom. The van der Waals surface area contributed by atoms with Crippen LogP contribution in [0.25, 0.3) is 11.0 Å². The third kappa shape index (κ3) is 1.50. The van der Waals surface area contributed by atoms with Gasteiger partial charge in [0.1, 0.15) is 0 Å². The lowest BCUT2D eigenvalue weighted by molar-refractivity contribution is -0.111. The number of hydrogen-bond acceptors (Lipinski definition) is 2. The molecule has 2 aromatic rings. The van der Waals surface area contributed by atoms with E-state index in [0.29, 0.717) is 0 Å². The minimum absolute atomic E-state index is 0.219. The summed E-state index contributed by atoms with van der Waals surface area (Å²) in [4.78, 5) is 18.0. The molecule has 1 aromatic carbocycles. The summed E-state index contributed by atoms with van der Waals surface area (Å²) in [5, 5.41) is 2.67. The maximum atomic E-state index is 11.0. The van der Waals surface area contributed by atoms with Crippen LogP contribution in [0.3, 0.4) is 0 Å². The van der Waals surface area contributed by atoms with E-state index < -0.39 is 0 Å². The molecular weight excluding hydrogens is 178 g/mol. The standard InChI is InChI=1S/C10H9N3O/c1-2-10(14)13-7-3-4-8-9(5-7)12-6-11-8/h2-6H,1H2,(H,11,12)(H,13,14). The molecule has 0 aliphatic rings. The summed E-state index contributed by atoms with van der Waals surface area (Å²) in [5.74, 6) is -0.219. The van der Waals surface area contributed by atoms with Crippen LogP contribution in [0, 0.1) is 0 Å². The number of aromatic nitrogens is 2. The molecule has 0 bridgehead atoms. The van der Waals surface area contributed by atoms with Crippen LogP contribution < -0.4 is 5.32 Å². The maximum absolute atomic E-state index is 11.0.